The second-order valence-corrected chi connectivity index (χ2v) is 3.78. The third-order valence-electron chi connectivity index (χ3n) is 2.88. The molecular formula is C13H12N2. The molecule has 0 saturated carbocycles. The van der Waals surface area contributed by atoms with Gasteiger partial charge in [-0.15, -0.1) is 0 Å². The third kappa shape index (κ3) is 1.38. The van der Waals surface area contributed by atoms with E-state index in [4.69, 9.17) is 0 Å². The topological polar surface area (TPSA) is 24.9 Å². The highest BCUT2D eigenvalue weighted by Gasteiger charge is 2.23. The van der Waals surface area contributed by atoms with Gasteiger partial charge in [0.25, 0.3) is 0 Å². The highest BCUT2D eigenvalue weighted by atomic mass is 14.9. The van der Waals surface area contributed by atoms with Crippen molar-refractivity contribution in [3.8, 4) is 0 Å². The molecule has 15 heavy (non-hydrogen) atoms. The van der Waals surface area contributed by atoms with E-state index < -0.39 is 0 Å². The van der Waals surface area contributed by atoms with Crippen LogP contribution in [0.1, 0.15) is 17.2 Å². The largest absolute Gasteiger partial charge is 0.384 e. The van der Waals surface area contributed by atoms with Crippen molar-refractivity contribution in [2.75, 3.05) is 11.9 Å². The van der Waals surface area contributed by atoms with Gasteiger partial charge in [0.05, 0.1) is 0 Å². The van der Waals surface area contributed by atoms with Crippen molar-refractivity contribution < 1.29 is 0 Å². The van der Waals surface area contributed by atoms with Crippen molar-refractivity contribution >= 4 is 5.69 Å². The molecule has 0 radical (unpaired) electrons. The van der Waals surface area contributed by atoms with Crippen LogP contribution in [-0.4, -0.2) is 11.5 Å². The predicted molar refractivity (Wildman–Crippen MR) is 61.0 cm³/mol. The van der Waals surface area contributed by atoms with E-state index >= 15 is 0 Å². The molecule has 74 valence electrons. The Hall–Kier alpha value is -1.83. The molecule has 2 nitrogen and oxygen atoms in total. The number of para-hydroxylation sites is 1. The Balaban J connectivity index is 2.05. The van der Waals surface area contributed by atoms with Gasteiger partial charge in [-0.25, -0.2) is 0 Å². The quantitative estimate of drug-likeness (QED) is 0.758. The zero-order valence-corrected chi connectivity index (χ0v) is 8.35. The average Bonchev–Trinajstić information content (AvgIpc) is 2.74. The fourth-order valence-electron chi connectivity index (χ4n) is 2.13. The Bertz CT molecular complexity index is 465. The molecule has 1 aromatic heterocycles. The van der Waals surface area contributed by atoms with Crippen molar-refractivity contribution in [3.63, 3.8) is 0 Å². The minimum absolute atomic E-state index is 0.405. The molecule has 1 aliphatic heterocycles. The summed E-state index contributed by atoms with van der Waals surface area (Å²) >= 11 is 0. The van der Waals surface area contributed by atoms with Gasteiger partial charge in [-0.2, -0.15) is 0 Å². The van der Waals surface area contributed by atoms with Crippen molar-refractivity contribution in [1.82, 2.24) is 4.98 Å². The molecule has 0 saturated heterocycles. The minimum Gasteiger partial charge on any atom is -0.384 e. The van der Waals surface area contributed by atoms with Crippen LogP contribution in [0, 0.1) is 0 Å². The van der Waals surface area contributed by atoms with Gasteiger partial charge in [0, 0.05) is 30.0 Å². The molecule has 2 heteroatoms. The molecule has 1 atom stereocenters. The first-order valence-corrected chi connectivity index (χ1v) is 5.19. The summed E-state index contributed by atoms with van der Waals surface area (Å²) in [4.78, 5) is 4.42. The van der Waals surface area contributed by atoms with Crippen LogP contribution in [0.25, 0.3) is 0 Å². The van der Waals surface area contributed by atoms with Crippen LogP contribution < -0.4 is 5.32 Å². The number of hydrogen-bond acceptors (Lipinski definition) is 2. The summed E-state index contributed by atoms with van der Waals surface area (Å²) in [6.07, 6.45) is 1.86. The third-order valence-corrected chi connectivity index (χ3v) is 2.88. The van der Waals surface area contributed by atoms with Crippen molar-refractivity contribution in [2.24, 2.45) is 0 Å². The molecule has 0 aliphatic carbocycles. The van der Waals surface area contributed by atoms with E-state index in [1.54, 1.807) is 0 Å². The van der Waals surface area contributed by atoms with Crippen molar-refractivity contribution in [3.05, 3.63) is 59.9 Å². The molecule has 1 unspecified atom stereocenters. The maximum absolute atomic E-state index is 4.42. The van der Waals surface area contributed by atoms with E-state index in [1.807, 2.05) is 18.3 Å². The monoisotopic (exact) mass is 196 g/mol. The zero-order valence-electron chi connectivity index (χ0n) is 8.35. The van der Waals surface area contributed by atoms with Gasteiger partial charge < -0.3 is 5.32 Å². The van der Waals surface area contributed by atoms with E-state index in [-0.39, 0.29) is 0 Å². The van der Waals surface area contributed by atoms with E-state index in [0.29, 0.717) is 5.92 Å². The lowest BCUT2D eigenvalue weighted by molar-refractivity contribution is 0.860. The Morgan fingerprint density at radius 2 is 1.93 bits per heavy atom. The van der Waals surface area contributed by atoms with E-state index in [9.17, 15) is 0 Å². The first-order chi connectivity index (χ1) is 7.45. The molecule has 1 aromatic carbocycles. The summed E-state index contributed by atoms with van der Waals surface area (Å²) in [5.41, 5.74) is 3.75. The Kier molecular flexibility index (Phi) is 1.91. The van der Waals surface area contributed by atoms with Crippen molar-refractivity contribution in [2.45, 2.75) is 5.92 Å². The molecule has 1 N–H and O–H groups in total. The van der Waals surface area contributed by atoms with Gasteiger partial charge in [-0.1, -0.05) is 24.3 Å². The molecule has 0 fully saturated rings. The number of aromatic nitrogens is 1. The summed E-state index contributed by atoms with van der Waals surface area (Å²) in [6.45, 7) is 0.955. The standard InChI is InChI=1S/C13H12N2/c1-2-6-12-10(5-1)11(9-15-12)13-7-3-4-8-14-13/h1-8,11,15H,9H2. The maximum Gasteiger partial charge on any atom is 0.0496 e. The Morgan fingerprint density at radius 3 is 2.80 bits per heavy atom. The maximum atomic E-state index is 4.42. The molecular weight excluding hydrogens is 184 g/mol. The summed E-state index contributed by atoms with van der Waals surface area (Å²) in [5.74, 6) is 0.405. The van der Waals surface area contributed by atoms with E-state index in [2.05, 4.69) is 40.6 Å². The highest BCUT2D eigenvalue weighted by molar-refractivity contribution is 5.59. The lowest BCUT2D eigenvalue weighted by atomic mass is 9.97. The van der Waals surface area contributed by atoms with Crippen LogP contribution in [0.2, 0.25) is 0 Å². The first-order valence-electron chi connectivity index (χ1n) is 5.19. The lowest BCUT2D eigenvalue weighted by Gasteiger charge is -2.08. The fraction of sp³-hybridized carbons (Fsp3) is 0.154. The normalized spacial score (nSPS) is 18.3. The Morgan fingerprint density at radius 1 is 1.07 bits per heavy atom. The number of pyridine rings is 1. The second-order valence-electron chi connectivity index (χ2n) is 3.78. The summed E-state index contributed by atoms with van der Waals surface area (Å²) in [5, 5.41) is 3.41. The van der Waals surface area contributed by atoms with Crippen LogP contribution in [0.3, 0.4) is 0 Å². The van der Waals surface area contributed by atoms with Gasteiger partial charge in [0.15, 0.2) is 0 Å². The van der Waals surface area contributed by atoms with Crippen LogP contribution in [0.15, 0.2) is 48.7 Å². The van der Waals surface area contributed by atoms with Crippen LogP contribution in [0.5, 0.6) is 0 Å². The number of benzene rings is 1. The van der Waals surface area contributed by atoms with Gasteiger partial charge in [-0.3, -0.25) is 4.98 Å². The number of nitrogens with zero attached hydrogens (tertiary/aromatic N) is 1. The molecule has 2 heterocycles. The van der Waals surface area contributed by atoms with Gasteiger partial charge >= 0.3 is 0 Å². The predicted octanol–water partition coefficient (Wildman–Crippen LogP) is 2.64. The summed E-state index contributed by atoms with van der Waals surface area (Å²) in [7, 11) is 0. The lowest BCUT2D eigenvalue weighted by Crippen LogP contribution is -2.05. The Labute approximate surface area is 89.0 Å². The van der Waals surface area contributed by atoms with Crippen LogP contribution in [-0.2, 0) is 0 Å². The molecule has 3 rings (SSSR count). The fourth-order valence-corrected chi connectivity index (χ4v) is 2.13. The number of hydrogen-bond donors (Lipinski definition) is 1. The average molecular weight is 196 g/mol. The van der Waals surface area contributed by atoms with Crippen LogP contribution in [0.4, 0.5) is 5.69 Å². The number of nitrogens with one attached hydrogen (secondary N) is 1. The SMILES string of the molecule is c1ccc(C2CNc3ccccc32)nc1. The molecule has 0 spiro atoms. The number of rotatable bonds is 1. The second kappa shape index (κ2) is 3.39. The van der Waals surface area contributed by atoms with E-state index in [1.165, 1.54) is 11.3 Å². The summed E-state index contributed by atoms with van der Waals surface area (Å²) < 4.78 is 0. The zero-order chi connectivity index (χ0) is 10.1. The smallest absolute Gasteiger partial charge is 0.0496 e. The first kappa shape index (κ1) is 8.48. The molecule has 0 amide bonds. The molecule has 2 aromatic rings. The van der Waals surface area contributed by atoms with Crippen LogP contribution >= 0.6 is 0 Å². The van der Waals surface area contributed by atoms with Crippen molar-refractivity contribution in [1.29, 1.82) is 0 Å². The number of fused-ring (bicyclic) bond motifs is 1. The summed E-state index contributed by atoms with van der Waals surface area (Å²) in [6, 6.07) is 14.5. The highest BCUT2D eigenvalue weighted by Crippen LogP contribution is 2.34. The van der Waals surface area contributed by atoms with E-state index in [0.717, 1.165) is 12.2 Å². The van der Waals surface area contributed by atoms with Gasteiger partial charge in [-0.05, 0) is 23.8 Å². The minimum atomic E-state index is 0.405. The number of anilines is 1. The molecule has 1 aliphatic rings. The van der Waals surface area contributed by atoms with Gasteiger partial charge in [0.2, 0.25) is 0 Å². The van der Waals surface area contributed by atoms with Gasteiger partial charge in [0.1, 0.15) is 0 Å². The molecule has 0 bridgehead atoms.